The van der Waals surface area contributed by atoms with Gasteiger partial charge in [0, 0.05) is 11.9 Å². The molecule has 1 saturated carbocycles. The molecule has 0 spiro atoms. The summed E-state index contributed by atoms with van der Waals surface area (Å²) in [5.41, 5.74) is 0.279. The van der Waals surface area contributed by atoms with Gasteiger partial charge in [0.15, 0.2) is 9.84 Å². The first kappa shape index (κ1) is 18.2. The molecule has 0 heterocycles. The fourth-order valence-electron chi connectivity index (χ4n) is 3.08. The average Bonchev–Trinajstić information content (AvgIpc) is 3.08. The molecule has 0 bridgehead atoms. The molecular weight excluding hydrogens is 356 g/mol. The molecule has 1 aliphatic rings. The van der Waals surface area contributed by atoms with Crippen LogP contribution in [0.15, 0.2) is 47.4 Å². The van der Waals surface area contributed by atoms with Crippen molar-refractivity contribution in [2.75, 3.05) is 11.6 Å². The number of rotatable bonds is 6. The van der Waals surface area contributed by atoms with Crippen LogP contribution in [-0.4, -0.2) is 25.7 Å². The van der Waals surface area contributed by atoms with Crippen molar-refractivity contribution in [3.05, 3.63) is 52.6 Å². The van der Waals surface area contributed by atoms with E-state index in [1.807, 2.05) is 0 Å². The first-order valence-electron chi connectivity index (χ1n) is 8.36. The van der Waals surface area contributed by atoms with Crippen LogP contribution in [0.2, 0.25) is 0 Å². The first-order chi connectivity index (χ1) is 12.3. The number of nitrogens with zero attached hydrogens (tertiary/aromatic N) is 1. The molecule has 138 valence electrons. The number of hydrogen-bond donors (Lipinski definition) is 1. The summed E-state index contributed by atoms with van der Waals surface area (Å²) < 4.78 is 29.5. The maximum atomic E-state index is 11.8. The number of nitrogens with one attached hydrogen (secondary N) is 1. The molecule has 1 fully saturated rings. The van der Waals surface area contributed by atoms with E-state index in [4.69, 9.17) is 4.74 Å². The van der Waals surface area contributed by atoms with Gasteiger partial charge in [-0.1, -0.05) is 6.07 Å². The molecule has 0 aliphatic heterocycles. The molecule has 0 unspecified atom stereocenters. The molecule has 0 amide bonds. The minimum absolute atomic E-state index is 0.127. The maximum absolute atomic E-state index is 11.8. The quantitative estimate of drug-likeness (QED) is 0.603. The topological polar surface area (TPSA) is 98.5 Å². The molecular formula is C18H20N2O5S. The minimum atomic E-state index is -3.72. The second kappa shape index (κ2) is 7.33. The van der Waals surface area contributed by atoms with Crippen LogP contribution in [-0.2, 0) is 9.84 Å². The number of benzene rings is 2. The van der Waals surface area contributed by atoms with E-state index in [2.05, 4.69) is 5.32 Å². The Bertz CT molecular complexity index is 904. The van der Waals surface area contributed by atoms with Gasteiger partial charge in [0.05, 0.1) is 11.0 Å². The summed E-state index contributed by atoms with van der Waals surface area (Å²) in [5.74, 6) is 0.752. The Kier molecular flexibility index (Phi) is 5.13. The van der Waals surface area contributed by atoms with Gasteiger partial charge in [0.1, 0.15) is 16.3 Å². The Morgan fingerprint density at radius 2 is 1.77 bits per heavy atom. The predicted octanol–water partition coefficient (Wildman–Crippen LogP) is 4.06. The third kappa shape index (κ3) is 4.13. The number of anilines is 2. The summed E-state index contributed by atoms with van der Waals surface area (Å²) in [6.45, 7) is 0. The SMILES string of the molecule is CS(=O)(=O)c1cccc(Nc2ccc(OC3CCCC3)cc2)c1[N+](=O)[O-]. The summed E-state index contributed by atoms with van der Waals surface area (Å²) in [5, 5.41) is 14.3. The lowest BCUT2D eigenvalue weighted by Gasteiger charge is -2.14. The standard InChI is InChI=1S/C18H20N2O5S/c1-26(23,24)17-8-4-7-16(18(17)20(21)22)19-13-9-11-15(12-10-13)25-14-5-2-3-6-14/h4,7-12,14,19H,2-3,5-6H2,1H3. The number of hydrogen-bond acceptors (Lipinski definition) is 6. The van der Waals surface area contributed by atoms with Crippen molar-refractivity contribution in [2.24, 2.45) is 0 Å². The van der Waals surface area contributed by atoms with E-state index >= 15 is 0 Å². The second-order valence-corrected chi connectivity index (χ2v) is 8.34. The zero-order valence-corrected chi connectivity index (χ0v) is 15.2. The number of nitro groups is 1. The highest BCUT2D eigenvalue weighted by Gasteiger charge is 2.26. The van der Waals surface area contributed by atoms with Gasteiger partial charge in [-0.05, 0) is 62.1 Å². The smallest absolute Gasteiger partial charge is 0.311 e. The van der Waals surface area contributed by atoms with E-state index < -0.39 is 20.4 Å². The van der Waals surface area contributed by atoms with E-state index in [1.54, 1.807) is 24.3 Å². The van der Waals surface area contributed by atoms with Crippen molar-refractivity contribution in [2.45, 2.75) is 36.7 Å². The molecule has 0 atom stereocenters. The van der Waals surface area contributed by atoms with Gasteiger partial charge >= 0.3 is 5.69 Å². The van der Waals surface area contributed by atoms with Crippen LogP contribution in [0.4, 0.5) is 17.1 Å². The Morgan fingerprint density at radius 3 is 2.35 bits per heavy atom. The average molecular weight is 376 g/mol. The lowest BCUT2D eigenvalue weighted by Crippen LogP contribution is -2.10. The van der Waals surface area contributed by atoms with E-state index in [0.717, 1.165) is 24.8 Å². The van der Waals surface area contributed by atoms with Crippen LogP contribution in [0.3, 0.4) is 0 Å². The lowest BCUT2D eigenvalue weighted by atomic mass is 10.2. The van der Waals surface area contributed by atoms with Crippen LogP contribution in [0.25, 0.3) is 0 Å². The fourth-order valence-corrected chi connectivity index (χ4v) is 3.94. The van der Waals surface area contributed by atoms with Gasteiger partial charge in [-0.2, -0.15) is 0 Å². The highest BCUT2D eigenvalue weighted by Crippen LogP contribution is 2.34. The van der Waals surface area contributed by atoms with Gasteiger partial charge in [-0.3, -0.25) is 10.1 Å². The Hall–Kier alpha value is -2.61. The molecule has 0 saturated heterocycles. The Labute approximate surface area is 152 Å². The molecule has 2 aromatic carbocycles. The van der Waals surface area contributed by atoms with Gasteiger partial charge in [-0.25, -0.2) is 8.42 Å². The molecule has 0 aromatic heterocycles. The molecule has 2 aromatic rings. The summed E-state index contributed by atoms with van der Waals surface area (Å²) >= 11 is 0. The molecule has 0 radical (unpaired) electrons. The second-order valence-electron chi connectivity index (χ2n) is 6.36. The molecule has 1 aliphatic carbocycles. The zero-order valence-electron chi connectivity index (χ0n) is 14.3. The molecule has 3 rings (SSSR count). The van der Waals surface area contributed by atoms with Gasteiger partial charge in [0.25, 0.3) is 0 Å². The first-order valence-corrected chi connectivity index (χ1v) is 10.2. The van der Waals surface area contributed by atoms with Crippen LogP contribution >= 0.6 is 0 Å². The summed E-state index contributed by atoms with van der Waals surface area (Å²) in [6.07, 6.45) is 5.69. The molecule has 8 heteroatoms. The van der Waals surface area contributed by atoms with E-state index in [-0.39, 0.29) is 16.7 Å². The highest BCUT2D eigenvalue weighted by atomic mass is 32.2. The lowest BCUT2D eigenvalue weighted by molar-refractivity contribution is -0.386. The third-order valence-electron chi connectivity index (χ3n) is 4.32. The van der Waals surface area contributed by atoms with Gasteiger partial charge in [-0.15, -0.1) is 0 Å². The van der Waals surface area contributed by atoms with Crippen molar-refractivity contribution in [1.82, 2.24) is 0 Å². The number of nitro benzene ring substituents is 1. The molecule has 26 heavy (non-hydrogen) atoms. The van der Waals surface area contributed by atoms with Crippen molar-refractivity contribution in [1.29, 1.82) is 0 Å². The van der Waals surface area contributed by atoms with Crippen molar-refractivity contribution in [3.63, 3.8) is 0 Å². The largest absolute Gasteiger partial charge is 0.490 e. The van der Waals surface area contributed by atoms with Crippen LogP contribution in [0, 0.1) is 10.1 Å². The fraction of sp³-hybridized carbons (Fsp3) is 0.333. The summed E-state index contributed by atoms with van der Waals surface area (Å²) in [6, 6.07) is 11.3. The minimum Gasteiger partial charge on any atom is -0.490 e. The van der Waals surface area contributed by atoms with Gasteiger partial charge in [0.2, 0.25) is 0 Å². The van der Waals surface area contributed by atoms with Crippen molar-refractivity contribution < 1.29 is 18.1 Å². The van der Waals surface area contributed by atoms with Crippen molar-refractivity contribution >= 4 is 26.9 Å². The molecule has 7 nitrogen and oxygen atoms in total. The van der Waals surface area contributed by atoms with Gasteiger partial charge < -0.3 is 10.1 Å². The monoisotopic (exact) mass is 376 g/mol. The number of ether oxygens (including phenoxy) is 1. The maximum Gasteiger partial charge on any atom is 0.311 e. The third-order valence-corrected chi connectivity index (χ3v) is 5.45. The summed E-state index contributed by atoms with van der Waals surface area (Å²) in [7, 11) is -3.72. The molecule has 1 N–H and O–H groups in total. The van der Waals surface area contributed by atoms with E-state index in [1.165, 1.54) is 31.0 Å². The predicted molar refractivity (Wildman–Crippen MR) is 98.8 cm³/mol. The normalized spacial score (nSPS) is 15.0. The Balaban J connectivity index is 1.83. The zero-order chi connectivity index (χ0) is 18.7. The van der Waals surface area contributed by atoms with E-state index in [9.17, 15) is 18.5 Å². The van der Waals surface area contributed by atoms with Crippen molar-refractivity contribution in [3.8, 4) is 5.75 Å². The number of sulfone groups is 1. The van der Waals surface area contributed by atoms with Crippen LogP contribution < -0.4 is 10.1 Å². The highest BCUT2D eigenvalue weighted by molar-refractivity contribution is 7.90. The van der Waals surface area contributed by atoms with E-state index in [0.29, 0.717) is 5.69 Å². The Morgan fingerprint density at radius 1 is 1.12 bits per heavy atom. The number of para-hydroxylation sites is 1. The summed E-state index contributed by atoms with van der Waals surface area (Å²) in [4.78, 5) is 10.4. The van der Waals surface area contributed by atoms with Crippen LogP contribution in [0.1, 0.15) is 25.7 Å². The van der Waals surface area contributed by atoms with Crippen LogP contribution in [0.5, 0.6) is 5.75 Å².